The number of aromatic amines is 1. The van der Waals surface area contributed by atoms with Crippen molar-refractivity contribution >= 4 is 39.7 Å². The number of para-hydroxylation sites is 1. The summed E-state index contributed by atoms with van der Waals surface area (Å²) in [5.41, 5.74) is 6.59. The van der Waals surface area contributed by atoms with Crippen LogP contribution in [0.3, 0.4) is 0 Å². The van der Waals surface area contributed by atoms with E-state index in [0.29, 0.717) is 21.4 Å². The second kappa shape index (κ2) is 5.89. The van der Waals surface area contributed by atoms with Crippen LogP contribution in [-0.2, 0) is 4.79 Å². The van der Waals surface area contributed by atoms with Crippen LogP contribution in [0.25, 0.3) is 27.6 Å². The zero-order valence-electron chi connectivity index (χ0n) is 13.6. The van der Waals surface area contributed by atoms with Crippen molar-refractivity contribution in [1.29, 1.82) is 0 Å². The largest absolute Gasteiger partial charge is 0.302 e. The summed E-state index contributed by atoms with van der Waals surface area (Å²) in [6.45, 7) is 5.64. The quantitative estimate of drug-likeness (QED) is 0.589. The number of carbonyl (C=O) groups is 1. The van der Waals surface area contributed by atoms with E-state index in [0.717, 1.165) is 23.1 Å². The number of amides is 1. The van der Waals surface area contributed by atoms with Gasteiger partial charge in [-0.1, -0.05) is 30.0 Å². The fourth-order valence-corrected chi connectivity index (χ4v) is 3.55. The first-order valence-electron chi connectivity index (χ1n) is 7.97. The van der Waals surface area contributed by atoms with Gasteiger partial charge in [-0.05, 0) is 31.9 Å². The Hall–Kier alpha value is -2.87. The maximum Gasteiger partial charge on any atom is 0.283 e. The molecule has 4 rings (SSSR count). The number of hydrogen-bond donors (Lipinski definition) is 3. The van der Waals surface area contributed by atoms with Gasteiger partial charge in [-0.15, -0.1) is 0 Å². The van der Waals surface area contributed by atoms with E-state index in [1.807, 2.05) is 24.3 Å². The van der Waals surface area contributed by atoms with Crippen LogP contribution in [0.2, 0.25) is 0 Å². The molecule has 0 saturated heterocycles. The summed E-state index contributed by atoms with van der Waals surface area (Å²) in [4.78, 5) is 29.0. The number of rotatable bonds is 4. The number of nitrogens with zero attached hydrogens (tertiary/aromatic N) is 2. The van der Waals surface area contributed by atoms with Gasteiger partial charge in [-0.25, -0.2) is 4.98 Å². The Balaban J connectivity index is 1.72. The molecular weight excluding hydrogens is 338 g/mol. The molecule has 0 radical (unpaired) electrons. The minimum Gasteiger partial charge on any atom is -0.302 e. The van der Waals surface area contributed by atoms with Gasteiger partial charge < -0.3 is 5.43 Å². The molecule has 1 saturated carbocycles. The average Bonchev–Trinajstić information content (AvgIpc) is 3.29. The number of benzene rings is 1. The zero-order valence-corrected chi connectivity index (χ0v) is 14.4. The van der Waals surface area contributed by atoms with Crippen LogP contribution in [0.1, 0.15) is 19.8 Å². The number of thiazole rings is 1. The Morgan fingerprint density at radius 3 is 2.84 bits per heavy atom. The molecule has 3 N–H and O–H groups in total. The second-order valence-electron chi connectivity index (χ2n) is 6.08. The molecule has 0 spiro atoms. The van der Waals surface area contributed by atoms with E-state index in [9.17, 15) is 9.59 Å². The number of carbonyl (C=O) groups excluding carboxylic acids is 1. The Labute approximate surface area is 146 Å². The molecule has 7 nitrogen and oxygen atoms in total. The fraction of sp³-hybridized carbons (Fsp3) is 0.235. The molecule has 128 valence electrons. The van der Waals surface area contributed by atoms with Gasteiger partial charge in [0.25, 0.3) is 5.56 Å². The highest BCUT2D eigenvalue weighted by Crippen LogP contribution is 2.28. The van der Waals surface area contributed by atoms with Crippen LogP contribution >= 0.6 is 11.3 Å². The van der Waals surface area contributed by atoms with Gasteiger partial charge in [0.05, 0.1) is 20.8 Å². The summed E-state index contributed by atoms with van der Waals surface area (Å²) >= 11 is 1.42. The predicted octanol–water partition coefficient (Wildman–Crippen LogP) is 0.344. The summed E-state index contributed by atoms with van der Waals surface area (Å²) < 4.78 is 2.39. The van der Waals surface area contributed by atoms with E-state index in [4.69, 9.17) is 0 Å². The van der Waals surface area contributed by atoms with Crippen molar-refractivity contribution in [2.75, 3.05) is 0 Å². The van der Waals surface area contributed by atoms with E-state index in [2.05, 4.69) is 27.5 Å². The molecule has 0 unspecified atom stereocenters. The Bertz CT molecular complexity index is 1100. The molecule has 1 aliphatic carbocycles. The minimum absolute atomic E-state index is 0.0491. The topological polar surface area (TPSA) is 91.8 Å². The van der Waals surface area contributed by atoms with Gasteiger partial charge in [0, 0.05) is 11.6 Å². The van der Waals surface area contributed by atoms with Crippen molar-refractivity contribution in [1.82, 2.24) is 25.6 Å². The molecule has 2 heterocycles. The van der Waals surface area contributed by atoms with Crippen molar-refractivity contribution in [2.24, 2.45) is 5.92 Å². The summed E-state index contributed by atoms with van der Waals surface area (Å²) in [6.07, 6.45) is 1.84. The second-order valence-corrected chi connectivity index (χ2v) is 7.09. The highest BCUT2D eigenvalue weighted by Gasteiger charge is 2.29. The molecule has 0 aliphatic heterocycles. The molecule has 0 atom stereocenters. The highest BCUT2D eigenvalue weighted by molar-refractivity contribution is 7.20. The minimum atomic E-state index is -0.255. The van der Waals surface area contributed by atoms with Crippen molar-refractivity contribution in [3.05, 3.63) is 45.2 Å². The van der Waals surface area contributed by atoms with E-state index in [1.54, 1.807) is 6.92 Å². The first-order valence-corrected chi connectivity index (χ1v) is 8.79. The molecule has 1 amide bonds. The lowest BCUT2D eigenvalue weighted by Gasteiger charge is -2.06. The van der Waals surface area contributed by atoms with E-state index < -0.39 is 0 Å². The molecule has 2 aromatic heterocycles. The SMILES string of the molecule is C=c1[nH]n(-c2nc3ccccc3s2)c(=O)c1=C(C)NNC(=O)C1CC1. The first kappa shape index (κ1) is 15.6. The summed E-state index contributed by atoms with van der Waals surface area (Å²) in [6, 6.07) is 7.71. The van der Waals surface area contributed by atoms with Crippen molar-refractivity contribution in [2.45, 2.75) is 19.8 Å². The predicted molar refractivity (Wildman–Crippen MR) is 97.4 cm³/mol. The highest BCUT2D eigenvalue weighted by atomic mass is 32.1. The number of hydrazine groups is 1. The summed E-state index contributed by atoms with van der Waals surface area (Å²) in [7, 11) is 0. The maximum atomic E-state index is 12.8. The molecule has 25 heavy (non-hydrogen) atoms. The van der Waals surface area contributed by atoms with E-state index in [1.165, 1.54) is 16.0 Å². The molecule has 0 bridgehead atoms. The third-order valence-corrected chi connectivity index (χ3v) is 5.16. The summed E-state index contributed by atoms with van der Waals surface area (Å²) in [5.74, 6) is 0.0390. The Morgan fingerprint density at radius 2 is 2.12 bits per heavy atom. The van der Waals surface area contributed by atoms with Crippen LogP contribution < -0.4 is 27.0 Å². The van der Waals surface area contributed by atoms with Crippen LogP contribution in [0.15, 0.2) is 29.1 Å². The monoisotopic (exact) mass is 355 g/mol. The Morgan fingerprint density at radius 1 is 1.36 bits per heavy atom. The molecule has 1 fully saturated rings. The number of nitrogens with one attached hydrogen (secondary N) is 3. The van der Waals surface area contributed by atoms with Gasteiger partial charge in [0.2, 0.25) is 11.0 Å². The number of H-pyrrole nitrogens is 1. The van der Waals surface area contributed by atoms with Crippen LogP contribution in [-0.4, -0.2) is 20.7 Å². The smallest absolute Gasteiger partial charge is 0.283 e. The van der Waals surface area contributed by atoms with Gasteiger partial charge in [0.1, 0.15) is 0 Å². The molecule has 1 aromatic carbocycles. The normalized spacial score (nSPS) is 15.2. The van der Waals surface area contributed by atoms with Crippen molar-refractivity contribution in [3.63, 3.8) is 0 Å². The lowest BCUT2D eigenvalue weighted by molar-refractivity contribution is -0.122. The molecule has 8 heteroatoms. The van der Waals surface area contributed by atoms with Crippen molar-refractivity contribution < 1.29 is 4.79 Å². The number of aromatic nitrogens is 3. The standard InChI is InChI=1S/C17H17N5O2S/c1-9(19-20-15(23)11-7-8-11)14-10(2)21-22(16(14)24)17-18-12-5-3-4-6-13(12)25-17/h3-6,11,19,21H,2,7-8H2,1H3,(H,20,23). The lowest BCUT2D eigenvalue weighted by atomic mass is 10.3. The third kappa shape index (κ3) is 2.85. The van der Waals surface area contributed by atoms with Crippen LogP contribution in [0, 0.1) is 5.92 Å². The maximum absolute atomic E-state index is 12.8. The fourth-order valence-electron chi connectivity index (χ4n) is 2.63. The number of hydrogen-bond acceptors (Lipinski definition) is 5. The van der Waals surface area contributed by atoms with E-state index in [-0.39, 0.29) is 17.4 Å². The average molecular weight is 355 g/mol. The Kier molecular flexibility index (Phi) is 3.69. The molecular formula is C17H17N5O2S. The van der Waals surface area contributed by atoms with Gasteiger partial charge in [-0.3, -0.25) is 20.1 Å². The number of fused-ring (bicyclic) bond motifs is 1. The van der Waals surface area contributed by atoms with Gasteiger partial charge in [-0.2, -0.15) is 4.68 Å². The van der Waals surface area contributed by atoms with Crippen molar-refractivity contribution in [3.8, 4) is 5.13 Å². The zero-order chi connectivity index (χ0) is 17.6. The van der Waals surface area contributed by atoms with E-state index >= 15 is 0 Å². The van der Waals surface area contributed by atoms with Crippen LogP contribution in [0.4, 0.5) is 0 Å². The third-order valence-electron chi connectivity index (χ3n) is 4.14. The van der Waals surface area contributed by atoms with Gasteiger partial charge in [0.15, 0.2) is 0 Å². The summed E-state index contributed by atoms with van der Waals surface area (Å²) in [5, 5.41) is 4.38. The van der Waals surface area contributed by atoms with Crippen LogP contribution in [0.5, 0.6) is 0 Å². The van der Waals surface area contributed by atoms with Gasteiger partial charge >= 0.3 is 0 Å². The lowest BCUT2D eigenvalue weighted by Crippen LogP contribution is -2.44. The molecule has 3 aromatic rings. The first-order chi connectivity index (χ1) is 12.0. The molecule has 1 aliphatic rings.